The summed E-state index contributed by atoms with van der Waals surface area (Å²) in [6.45, 7) is 0.698. The van der Waals surface area contributed by atoms with Gasteiger partial charge in [-0.1, -0.05) is 44.9 Å². The summed E-state index contributed by atoms with van der Waals surface area (Å²) in [6, 6.07) is -0.428. The van der Waals surface area contributed by atoms with E-state index in [1.54, 1.807) is 6.26 Å². The second kappa shape index (κ2) is 12.9. The van der Waals surface area contributed by atoms with E-state index in [0.29, 0.717) is 6.54 Å². The van der Waals surface area contributed by atoms with Crippen LogP contribution in [0.2, 0.25) is 0 Å². The average molecular weight is 276 g/mol. The van der Waals surface area contributed by atoms with Crippen molar-refractivity contribution in [1.82, 2.24) is 5.32 Å². The SMILES string of the molecule is CS(=O)CCCCCCCCCCCNC(N)=O. The van der Waals surface area contributed by atoms with Crippen LogP contribution >= 0.6 is 0 Å². The Labute approximate surface area is 114 Å². The van der Waals surface area contributed by atoms with E-state index in [9.17, 15) is 9.00 Å². The molecule has 0 bridgehead atoms. The Kier molecular flexibility index (Phi) is 12.5. The van der Waals surface area contributed by atoms with Crippen LogP contribution in [0.4, 0.5) is 4.79 Å². The van der Waals surface area contributed by atoms with E-state index in [1.807, 2.05) is 0 Å². The zero-order chi connectivity index (χ0) is 13.6. The summed E-state index contributed by atoms with van der Waals surface area (Å²) in [4.78, 5) is 10.4. The molecule has 0 rings (SSSR count). The van der Waals surface area contributed by atoms with E-state index in [2.05, 4.69) is 5.32 Å². The molecule has 0 aliphatic rings. The Balaban J connectivity index is 2.99. The first-order valence-electron chi connectivity index (χ1n) is 6.96. The number of unbranched alkanes of at least 4 members (excludes halogenated alkanes) is 8. The van der Waals surface area contributed by atoms with Gasteiger partial charge in [-0.25, -0.2) is 4.79 Å². The number of carbonyl (C=O) groups is 1. The molecule has 1 atom stereocenters. The highest BCUT2D eigenvalue weighted by Gasteiger charge is 1.95. The fourth-order valence-corrected chi connectivity index (χ4v) is 2.49. The second-order valence-corrected chi connectivity index (χ2v) is 6.30. The van der Waals surface area contributed by atoms with Crippen LogP contribution < -0.4 is 11.1 Å². The Morgan fingerprint density at radius 3 is 1.83 bits per heavy atom. The predicted molar refractivity (Wildman–Crippen MR) is 78.1 cm³/mol. The zero-order valence-electron chi connectivity index (χ0n) is 11.6. The molecular weight excluding hydrogens is 248 g/mol. The van der Waals surface area contributed by atoms with Gasteiger partial charge in [0.05, 0.1) is 0 Å². The van der Waals surface area contributed by atoms with Crippen LogP contribution in [0.3, 0.4) is 0 Å². The van der Waals surface area contributed by atoms with Crippen LogP contribution in [0.15, 0.2) is 0 Å². The Bertz CT molecular complexity index is 211. The van der Waals surface area contributed by atoms with Gasteiger partial charge in [-0.15, -0.1) is 0 Å². The van der Waals surface area contributed by atoms with Crippen molar-refractivity contribution >= 4 is 16.8 Å². The molecule has 108 valence electrons. The molecule has 0 aliphatic heterocycles. The number of hydrogen-bond acceptors (Lipinski definition) is 2. The van der Waals surface area contributed by atoms with Crippen LogP contribution in [-0.4, -0.2) is 28.8 Å². The maximum Gasteiger partial charge on any atom is 0.312 e. The molecule has 0 aromatic carbocycles. The highest BCUT2D eigenvalue weighted by atomic mass is 32.2. The van der Waals surface area contributed by atoms with Gasteiger partial charge in [-0.05, 0) is 12.8 Å². The van der Waals surface area contributed by atoms with Gasteiger partial charge in [0.25, 0.3) is 0 Å². The normalized spacial score (nSPS) is 12.3. The van der Waals surface area contributed by atoms with Crippen LogP contribution in [0.5, 0.6) is 0 Å². The molecule has 0 radical (unpaired) electrons. The first-order chi connectivity index (χ1) is 8.63. The van der Waals surface area contributed by atoms with E-state index in [4.69, 9.17) is 5.73 Å². The summed E-state index contributed by atoms with van der Waals surface area (Å²) in [7, 11) is -0.621. The van der Waals surface area contributed by atoms with Crippen molar-refractivity contribution in [2.24, 2.45) is 5.73 Å². The van der Waals surface area contributed by atoms with E-state index in [0.717, 1.165) is 25.0 Å². The second-order valence-electron chi connectivity index (χ2n) is 4.75. The molecule has 0 fully saturated rings. The number of urea groups is 1. The molecule has 3 N–H and O–H groups in total. The van der Waals surface area contributed by atoms with Gasteiger partial charge in [0.1, 0.15) is 0 Å². The molecule has 18 heavy (non-hydrogen) atoms. The van der Waals surface area contributed by atoms with E-state index in [-0.39, 0.29) is 0 Å². The van der Waals surface area contributed by atoms with Crippen molar-refractivity contribution in [1.29, 1.82) is 0 Å². The molecule has 0 saturated carbocycles. The molecule has 2 amide bonds. The van der Waals surface area contributed by atoms with Crippen molar-refractivity contribution in [2.75, 3.05) is 18.6 Å². The maximum absolute atomic E-state index is 10.8. The Morgan fingerprint density at radius 1 is 0.944 bits per heavy atom. The molecule has 0 heterocycles. The lowest BCUT2D eigenvalue weighted by atomic mass is 10.1. The summed E-state index contributed by atoms with van der Waals surface area (Å²) in [5.41, 5.74) is 4.96. The minimum absolute atomic E-state index is 0.428. The summed E-state index contributed by atoms with van der Waals surface area (Å²) in [5, 5.41) is 2.59. The zero-order valence-corrected chi connectivity index (χ0v) is 12.4. The van der Waals surface area contributed by atoms with Crippen molar-refractivity contribution < 1.29 is 9.00 Å². The van der Waals surface area contributed by atoms with Crippen LogP contribution in [0.1, 0.15) is 57.8 Å². The molecule has 0 aromatic heterocycles. The molecular formula is C13H28N2O2S. The van der Waals surface area contributed by atoms with Crippen molar-refractivity contribution in [2.45, 2.75) is 57.8 Å². The van der Waals surface area contributed by atoms with E-state index < -0.39 is 16.8 Å². The van der Waals surface area contributed by atoms with Crippen LogP contribution in [0, 0.1) is 0 Å². The van der Waals surface area contributed by atoms with Crippen molar-refractivity contribution in [3.05, 3.63) is 0 Å². The maximum atomic E-state index is 10.8. The van der Waals surface area contributed by atoms with Gasteiger partial charge >= 0.3 is 6.03 Å². The standard InChI is InChI=1S/C13H28N2O2S/c1-18(17)12-10-8-6-4-2-3-5-7-9-11-15-13(14)16/h2-12H2,1H3,(H3,14,15,16). The third kappa shape index (κ3) is 15.4. The molecule has 0 aliphatic carbocycles. The first-order valence-corrected chi connectivity index (χ1v) is 8.69. The van der Waals surface area contributed by atoms with Gasteiger partial charge in [-0.2, -0.15) is 0 Å². The summed E-state index contributed by atoms with van der Waals surface area (Å²) in [5.74, 6) is 0.854. The number of carbonyl (C=O) groups excluding carboxylic acids is 1. The number of hydrogen-bond donors (Lipinski definition) is 2. The lowest BCUT2D eigenvalue weighted by Gasteiger charge is -2.03. The molecule has 0 spiro atoms. The van der Waals surface area contributed by atoms with Crippen LogP contribution in [0.25, 0.3) is 0 Å². The van der Waals surface area contributed by atoms with E-state index >= 15 is 0 Å². The summed E-state index contributed by atoms with van der Waals surface area (Å²) < 4.78 is 10.8. The molecule has 5 heteroatoms. The minimum Gasteiger partial charge on any atom is -0.352 e. The number of nitrogens with two attached hydrogens (primary N) is 1. The topological polar surface area (TPSA) is 72.2 Å². The van der Waals surface area contributed by atoms with Crippen molar-refractivity contribution in [3.63, 3.8) is 0 Å². The number of rotatable bonds is 12. The van der Waals surface area contributed by atoms with Gasteiger partial charge < -0.3 is 11.1 Å². The smallest absolute Gasteiger partial charge is 0.312 e. The Morgan fingerprint density at radius 2 is 1.39 bits per heavy atom. The molecule has 0 aromatic rings. The van der Waals surface area contributed by atoms with Gasteiger partial charge in [-0.3, -0.25) is 4.21 Å². The average Bonchev–Trinajstić information content (AvgIpc) is 2.29. The lowest BCUT2D eigenvalue weighted by molar-refractivity contribution is 0.248. The summed E-state index contributed by atoms with van der Waals surface area (Å²) in [6.07, 6.45) is 12.6. The highest BCUT2D eigenvalue weighted by molar-refractivity contribution is 7.84. The Hall–Kier alpha value is -0.580. The first kappa shape index (κ1) is 17.4. The van der Waals surface area contributed by atoms with E-state index in [1.165, 1.54) is 38.5 Å². The molecule has 0 saturated heterocycles. The van der Waals surface area contributed by atoms with Gasteiger partial charge in [0.2, 0.25) is 0 Å². The quantitative estimate of drug-likeness (QED) is 0.538. The molecule has 1 unspecified atom stereocenters. The molecule has 4 nitrogen and oxygen atoms in total. The monoisotopic (exact) mass is 276 g/mol. The van der Waals surface area contributed by atoms with Crippen LogP contribution in [-0.2, 0) is 10.8 Å². The summed E-state index contributed by atoms with van der Waals surface area (Å²) >= 11 is 0. The predicted octanol–water partition coefficient (Wildman–Crippen LogP) is 2.54. The van der Waals surface area contributed by atoms with Crippen molar-refractivity contribution in [3.8, 4) is 0 Å². The van der Waals surface area contributed by atoms with Gasteiger partial charge in [0, 0.05) is 29.4 Å². The lowest BCUT2D eigenvalue weighted by Crippen LogP contribution is -2.29. The highest BCUT2D eigenvalue weighted by Crippen LogP contribution is 2.09. The minimum atomic E-state index is -0.621. The number of primary amides is 1. The fourth-order valence-electron chi connectivity index (χ4n) is 1.88. The third-order valence-corrected chi connectivity index (χ3v) is 3.77. The third-order valence-electron chi connectivity index (χ3n) is 2.91. The number of nitrogens with one attached hydrogen (secondary N) is 1. The fraction of sp³-hybridized carbons (Fsp3) is 0.923. The van der Waals surface area contributed by atoms with Gasteiger partial charge in [0.15, 0.2) is 0 Å². The number of amides is 2. The largest absolute Gasteiger partial charge is 0.352 e.